The molecular weight excluding hydrogens is 266 g/mol. The summed E-state index contributed by atoms with van der Waals surface area (Å²) in [6, 6.07) is 7.47. The summed E-state index contributed by atoms with van der Waals surface area (Å²) in [4.78, 5) is 22.5. The number of aliphatic carboxylic acids is 1. The molecule has 2 N–H and O–H groups in total. The lowest BCUT2D eigenvalue weighted by Gasteiger charge is -2.12. The van der Waals surface area contributed by atoms with E-state index in [-0.39, 0.29) is 18.1 Å². The van der Waals surface area contributed by atoms with E-state index in [4.69, 9.17) is 5.11 Å². The van der Waals surface area contributed by atoms with Crippen molar-refractivity contribution >= 4 is 28.4 Å². The molecule has 0 saturated heterocycles. The van der Waals surface area contributed by atoms with Crippen LogP contribution in [0.5, 0.6) is 0 Å². The Morgan fingerprint density at radius 3 is 2.89 bits per heavy atom. The summed E-state index contributed by atoms with van der Waals surface area (Å²) in [7, 11) is -1.45. The third kappa shape index (κ3) is 3.41. The normalized spacial score (nSPS) is 20.0. The van der Waals surface area contributed by atoms with Crippen LogP contribution in [0.25, 0.3) is 0 Å². The summed E-state index contributed by atoms with van der Waals surface area (Å²) < 4.78 is 12.0. The van der Waals surface area contributed by atoms with Crippen molar-refractivity contribution in [1.82, 2.24) is 0 Å². The van der Waals surface area contributed by atoms with Gasteiger partial charge in [-0.3, -0.25) is 13.8 Å². The Balaban J connectivity index is 2.08. The molecule has 6 heteroatoms. The summed E-state index contributed by atoms with van der Waals surface area (Å²) in [5.41, 5.74) is 1.78. The molecule has 2 rings (SSSR count). The minimum Gasteiger partial charge on any atom is -0.481 e. The summed E-state index contributed by atoms with van der Waals surface area (Å²) >= 11 is 0. The highest BCUT2D eigenvalue weighted by Crippen LogP contribution is 2.23. The van der Waals surface area contributed by atoms with Gasteiger partial charge in [-0.25, -0.2) is 0 Å². The highest BCUT2D eigenvalue weighted by molar-refractivity contribution is 7.86. The third-order valence-electron chi connectivity index (χ3n) is 3.08. The number of carboxylic acid groups (broad SMARTS) is 1. The summed E-state index contributed by atoms with van der Waals surface area (Å²) in [5.74, 6) is -1.26. The molecule has 0 fully saturated rings. The van der Waals surface area contributed by atoms with E-state index in [0.29, 0.717) is 12.8 Å². The van der Waals surface area contributed by atoms with E-state index in [9.17, 15) is 13.8 Å². The van der Waals surface area contributed by atoms with Crippen LogP contribution in [0.15, 0.2) is 24.3 Å². The predicted molar refractivity (Wildman–Crippen MR) is 72.4 cm³/mol. The zero-order valence-electron chi connectivity index (χ0n) is 10.3. The molecule has 0 bridgehead atoms. The number of fused-ring (bicyclic) bond motifs is 1. The third-order valence-corrected chi connectivity index (χ3v) is 4.77. The highest BCUT2D eigenvalue weighted by Gasteiger charge is 2.28. The van der Waals surface area contributed by atoms with Crippen molar-refractivity contribution in [3.05, 3.63) is 29.8 Å². The van der Waals surface area contributed by atoms with E-state index in [1.165, 1.54) is 0 Å². The maximum absolute atomic E-state index is 12.0. The largest absolute Gasteiger partial charge is 0.481 e. The van der Waals surface area contributed by atoms with Gasteiger partial charge in [0.25, 0.3) is 0 Å². The maximum atomic E-state index is 12.0. The zero-order chi connectivity index (χ0) is 13.8. The molecule has 0 saturated carbocycles. The van der Waals surface area contributed by atoms with E-state index >= 15 is 0 Å². The van der Waals surface area contributed by atoms with Gasteiger partial charge in [-0.05, 0) is 24.5 Å². The molecule has 1 aliphatic rings. The van der Waals surface area contributed by atoms with Crippen LogP contribution in [0.2, 0.25) is 0 Å². The minimum atomic E-state index is -1.45. The van der Waals surface area contributed by atoms with E-state index in [0.717, 1.165) is 11.3 Å². The van der Waals surface area contributed by atoms with E-state index in [1.807, 2.05) is 24.3 Å². The Morgan fingerprint density at radius 1 is 1.42 bits per heavy atom. The van der Waals surface area contributed by atoms with Crippen LogP contribution < -0.4 is 5.32 Å². The number of aryl methyl sites for hydroxylation is 1. The number of nitrogens with one attached hydrogen (secondary N) is 1. The van der Waals surface area contributed by atoms with Gasteiger partial charge < -0.3 is 10.4 Å². The Labute approximate surface area is 113 Å². The van der Waals surface area contributed by atoms with Crippen molar-refractivity contribution in [3.63, 3.8) is 0 Å². The quantitative estimate of drug-likeness (QED) is 0.867. The number of carbonyl (C=O) groups excluding carboxylic acids is 1. The number of hydrogen-bond acceptors (Lipinski definition) is 3. The van der Waals surface area contributed by atoms with E-state index in [1.54, 1.807) is 0 Å². The smallest absolute Gasteiger partial charge is 0.304 e. The first-order chi connectivity index (χ1) is 9.08. The molecule has 0 spiro atoms. The Morgan fingerprint density at radius 2 is 2.16 bits per heavy atom. The van der Waals surface area contributed by atoms with Crippen LogP contribution >= 0.6 is 0 Å². The molecule has 2 unspecified atom stereocenters. The minimum absolute atomic E-state index is 0.0176. The Bertz CT molecular complexity index is 529. The van der Waals surface area contributed by atoms with Gasteiger partial charge in [-0.15, -0.1) is 0 Å². The lowest BCUT2D eigenvalue weighted by atomic mass is 10.1. The molecule has 102 valence electrons. The molecule has 1 amide bonds. The first kappa shape index (κ1) is 13.7. The predicted octanol–water partition coefficient (Wildman–Crippen LogP) is 1.16. The molecule has 1 aliphatic heterocycles. The molecule has 0 aromatic heterocycles. The van der Waals surface area contributed by atoms with Gasteiger partial charge in [0.15, 0.2) is 0 Å². The van der Waals surface area contributed by atoms with Crippen LogP contribution in [0.1, 0.15) is 18.4 Å². The number of para-hydroxylation sites is 1. The van der Waals surface area contributed by atoms with Gasteiger partial charge in [0.05, 0.1) is 6.42 Å². The topological polar surface area (TPSA) is 83.5 Å². The molecule has 2 atom stereocenters. The summed E-state index contributed by atoms with van der Waals surface area (Å²) in [5, 5.41) is 10.7. The molecule has 0 radical (unpaired) electrons. The second-order valence-corrected chi connectivity index (χ2v) is 6.14. The second kappa shape index (κ2) is 5.97. The van der Waals surface area contributed by atoms with Crippen molar-refractivity contribution in [2.45, 2.75) is 24.5 Å². The fourth-order valence-electron chi connectivity index (χ4n) is 2.07. The summed E-state index contributed by atoms with van der Waals surface area (Å²) in [6.07, 6.45) is 0.969. The SMILES string of the molecule is O=C(O)CCS(=O)C1CCc2ccccc2NC1=O. The van der Waals surface area contributed by atoms with Gasteiger partial charge in [-0.1, -0.05) is 18.2 Å². The fraction of sp³-hybridized carbons (Fsp3) is 0.385. The molecule has 1 aromatic rings. The average molecular weight is 281 g/mol. The van der Waals surface area contributed by atoms with Gasteiger partial charge >= 0.3 is 5.97 Å². The van der Waals surface area contributed by atoms with Crippen LogP contribution in [0.4, 0.5) is 5.69 Å². The molecule has 1 aromatic carbocycles. The first-order valence-corrected chi connectivity index (χ1v) is 7.44. The number of benzene rings is 1. The lowest BCUT2D eigenvalue weighted by molar-refractivity contribution is -0.136. The average Bonchev–Trinajstić information content (AvgIpc) is 2.54. The van der Waals surface area contributed by atoms with Crippen LogP contribution in [-0.2, 0) is 26.8 Å². The standard InChI is InChI=1S/C13H15NO4S/c15-12(16)7-8-19(18)11-6-5-9-3-1-2-4-10(9)14-13(11)17/h1-4,11H,5-8H2,(H,14,17)(H,15,16). The van der Waals surface area contributed by atoms with E-state index < -0.39 is 22.0 Å². The number of rotatable bonds is 4. The number of amides is 1. The number of carboxylic acids is 1. The van der Waals surface area contributed by atoms with Crippen molar-refractivity contribution in [2.75, 3.05) is 11.1 Å². The number of carbonyl (C=O) groups is 2. The van der Waals surface area contributed by atoms with Crippen LogP contribution in [-0.4, -0.2) is 32.2 Å². The van der Waals surface area contributed by atoms with Crippen molar-refractivity contribution in [1.29, 1.82) is 0 Å². The van der Waals surface area contributed by atoms with Gasteiger partial charge in [0, 0.05) is 22.2 Å². The van der Waals surface area contributed by atoms with Crippen LogP contribution in [0, 0.1) is 0 Å². The molecule has 19 heavy (non-hydrogen) atoms. The Hall–Kier alpha value is -1.69. The van der Waals surface area contributed by atoms with E-state index in [2.05, 4.69) is 5.32 Å². The first-order valence-electron chi connectivity index (χ1n) is 6.05. The van der Waals surface area contributed by atoms with Gasteiger partial charge in [-0.2, -0.15) is 0 Å². The molecule has 1 heterocycles. The monoisotopic (exact) mass is 281 g/mol. The Kier molecular flexibility index (Phi) is 4.31. The number of anilines is 1. The molecule has 5 nitrogen and oxygen atoms in total. The van der Waals surface area contributed by atoms with Crippen molar-refractivity contribution in [3.8, 4) is 0 Å². The zero-order valence-corrected chi connectivity index (χ0v) is 11.1. The second-order valence-electron chi connectivity index (χ2n) is 4.40. The van der Waals surface area contributed by atoms with Crippen LogP contribution in [0.3, 0.4) is 0 Å². The fourth-order valence-corrected chi connectivity index (χ4v) is 3.41. The lowest BCUT2D eigenvalue weighted by Crippen LogP contribution is -2.32. The maximum Gasteiger partial charge on any atom is 0.304 e. The van der Waals surface area contributed by atoms with Gasteiger partial charge in [0.1, 0.15) is 5.25 Å². The highest BCUT2D eigenvalue weighted by atomic mass is 32.2. The van der Waals surface area contributed by atoms with Crippen molar-refractivity contribution in [2.24, 2.45) is 0 Å². The van der Waals surface area contributed by atoms with Gasteiger partial charge in [0.2, 0.25) is 5.91 Å². The summed E-state index contributed by atoms with van der Waals surface area (Å²) in [6.45, 7) is 0. The van der Waals surface area contributed by atoms with Crippen molar-refractivity contribution < 1.29 is 18.9 Å². The number of hydrogen-bond donors (Lipinski definition) is 2. The molecular formula is C13H15NO4S. The molecule has 0 aliphatic carbocycles.